The number of likely N-dealkylation sites (N-methyl/N-ethyl adjacent to an activating group) is 2. The number of aryl methyl sites for hydroxylation is 1. The maximum atomic E-state index is 12.5. The molecule has 0 saturated heterocycles. The second-order valence-electron chi connectivity index (χ2n) is 4.41. The predicted molar refractivity (Wildman–Crippen MR) is 77.6 cm³/mol. The highest BCUT2D eigenvalue weighted by Gasteiger charge is 2.26. The maximum absolute atomic E-state index is 12.5. The van der Waals surface area contributed by atoms with Crippen molar-refractivity contribution < 1.29 is 13.2 Å². The van der Waals surface area contributed by atoms with Gasteiger partial charge in [0.1, 0.15) is 0 Å². The van der Waals surface area contributed by atoms with Crippen molar-refractivity contribution in [2.45, 2.75) is 25.3 Å². The Bertz CT molecular complexity index is 585. The molecule has 1 aromatic rings. The molecule has 0 bridgehead atoms. The van der Waals surface area contributed by atoms with Gasteiger partial charge in [-0.15, -0.1) is 0 Å². The van der Waals surface area contributed by atoms with Crippen LogP contribution in [-0.4, -0.2) is 38.8 Å². The van der Waals surface area contributed by atoms with Crippen molar-refractivity contribution in [3.05, 3.63) is 29.3 Å². The normalized spacial score (nSPS) is 11.7. The van der Waals surface area contributed by atoms with E-state index in [9.17, 15) is 13.2 Å². The molecule has 3 N–H and O–H groups in total. The maximum Gasteiger partial charge on any atom is 0.243 e. The number of carbonyl (C=O) groups excluding carboxylic acids is 1. The summed E-state index contributed by atoms with van der Waals surface area (Å²) in [6.07, 6.45) is 0. The first kappa shape index (κ1) is 16.6. The fraction of sp³-hybridized carbons (Fsp3) is 0.462. The molecule has 0 aliphatic rings. The number of hydrogen-bond donors (Lipinski definition) is 2. The number of sulfonamides is 1. The summed E-state index contributed by atoms with van der Waals surface area (Å²) in [6.45, 7) is 3.82. The lowest BCUT2D eigenvalue weighted by atomic mass is 10.1. The van der Waals surface area contributed by atoms with Crippen LogP contribution in [0.1, 0.15) is 18.1 Å². The van der Waals surface area contributed by atoms with Crippen molar-refractivity contribution in [2.75, 3.05) is 20.1 Å². The number of nitrogens with zero attached hydrogens (tertiary/aromatic N) is 1. The number of rotatable bonds is 6. The molecule has 0 unspecified atom stereocenters. The fourth-order valence-electron chi connectivity index (χ4n) is 1.87. The van der Waals surface area contributed by atoms with Crippen LogP contribution in [0.2, 0.25) is 0 Å². The van der Waals surface area contributed by atoms with Crippen LogP contribution in [0.25, 0.3) is 0 Å². The van der Waals surface area contributed by atoms with Crippen LogP contribution in [0.3, 0.4) is 0 Å². The Kier molecular flexibility index (Phi) is 5.67. The fourth-order valence-corrected chi connectivity index (χ4v) is 3.48. The van der Waals surface area contributed by atoms with Gasteiger partial charge in [0, 0.05) is 20.1 Å². The lowest BCUT2D eigenvalue weighted by Crippen LogP contribution is -2.39. The van der Waals surface area contributed by atoms with Gasteiger partial charge in [-0.05, 0) is 24.1 Å². The van der Waals surface area contributed by atoms with Gasteiger partial charge >= 0.3 is 0 Å². The highest BCUT2D eigenvalue weighted by Crippen LogP contribution is 2.20. The third-order valence-electron chi connectivity index (χ3n) is 3.04. The minimum absolute atomic E-state index is 0.187. The van der Waals surface area contributed by atoms with Gasteiger partial charge in [-0.2, -0.15) is 4.31 Å². The Balaban J connectivity index is 3.17. The van der Waals surface area contributed by atoms with Crippen molar-refractivity contribution in [3.63, 3.8) is 0 Å². The predicted octanol–water partition coefficient (Wildman–Crippen LogP) is 0.210. The second kappa shape index (κ2) is 6.83. The van der Waals surface area contributed by atoms with E-state index in [2.05, 4.69) is 5.32 Å². The van der Waals surface area contributed by atoms with Crippen LogP contribution in [0.5, 0.6) is 0 Å². The van der Waals surface area contributed by atoms with E-state index >= 15 is 0 Å². The van der Waals surface area contributed by atoms with Crippen LogP contribution < -0.4 is 11.1 Å². The van der Waals surface area contributed by atoms with E-state index in [4.69, 9.17) is 5.73 Å². The van der Waals surface area contributed by atoms with Crippen LogP contribution in [0, 0.1) is 6.92 Å². The Morgan fingerprint density at radius 2 is 2.05 bits per heavy atom. The van der Waals surface area contributed by atoms with E-state index in [0.29, 0.717) is 12.1 Å². The molecule has 0 radical (unpaired) electrons. The Morgan fingerprint density at radius 1 is 1.40 bits per heavy atom. The molecule has 0 aliphatic carbocycles. The van der Waals surface area contributed by atoms with Crippen LogP contribution in [-0.2, 0) is 21.4 Å². The zero-order chi connectivity index (χ0) is 15.3. The van der Waals surface area contributed by atoms with E-state index in [1.807, 2.05) is 0 Å². The molecule has 1 amide bonds. The van der Waals surface area contributed by atoms with Crippen molar-refractivity contribution >= 4 is 15.9 Å². The van der Waals surface area contributed by atoms with E-state index in [1.165, 1.54) is 7.05 Å². The zero-order valence-corrected chi connectivity index (χ0v) is 12.8. The highest BCUT2D eigenvalue weighted by molar-refractivity contribution is 7.89. The molecule has 20 heavy (non-hydrogen) atoms. The summed E-state index contributed by atoms with van der Waals surface area (Å²) in [6, 6.07) is 4.98. The summed E-state index contributed by atoms with van der Waals surface area (Å²) >= 11 is 0. The van der Waals surface area contributed by atoms with Gasteiger partial charge in [-0.1, -0.05) is 19.1 Å². The van der Waals surface area contributed by atoms with Crippen LogP contribution in [0.4, 0.5) is 0 Å². The highest BCUT2D eigenvalue weighted by atomic mass is 32.2. The lowest BCUT2D eigenvalue weighted by molar-refractivity contribution is -0.120. The van der Waals surface area contributed by atoms with Crippen molar-refractivity contribution in [1.82, 2.24) is 9.62 Å². The number of amides is 1. The van der Waals surface area contributed by atoms with Crippen LogP contribution in [0.15, 0.2) is 23.1 Å². The van der Waals surface area contributed by atoms with Crippen molar-refractivity contribution in [2.24, 2.45) is 5.73 Å². The standard InChI is InChI=1S/C13H21N3O3S/c1-4-16(9-13(17)15-3)20(18,19)12-6-5-11(8-14)7-10(12)2/h5-7H,4,8-9,14H2,1-3H3,(H,15,17). The largest absolute Gasteiger partial charge is 0.358 e. The number of hydrogen-bond acceptors (Lipinski definition) is 4. The molecular formula is C13H21N3O3S. The van der Waals surface area contributed by atoms with E-state index < -0.39 is 10.0 Å². The van der Waals surface area contributed by atoms with Gasteiger partial charge in [0.25, 0.3) is 0 Å². The smallest absolute Gasteiger partial charge is 0.243 e. The van der Waals surface area contributed by atoms with Gasteiger partial charge in [0.2, 0.25) is 15.9 Å². The molecule has 7 heteroatoms. The number of nitrogens with two attached hydrogens (primary N) is 1. The third-order valence-corrected chi connectivity index (χ3v) is 5.13. The molecule has 0 spiro atoms. The first-order chi connectivity index (χ1) is 9.36. The molecule has 0 fully saturated rings. The Morgan fingerprint density at radius 3 is 2.50 bits per heavy atom. The molecule has 112 valence electrons. The third kappa shape index (κ3) is 3.56. The topological polar surface area (TPSA) is 92.5 Å². The molecule has 0 aromatic heterocycles. The van der Waals surface area contributed by atoms with E-state index in [0.717, 1.165) is 9.87 Å². The minimum Gasteiger partial charge on any atom is -0.358 e. The van der Waals surface area contributed by atoms with Gasteiger partial charge in [-0.25, -0.2) is 8.42 Å². The van der Waals surface area contributed by atoms with Crippen LogP contribution >= 0.6 is 0 Å². The van der Waals surface area contributed by atoms with Gasteiger partial charge in [0.15, 0.2) is 0 Å². The summed E-state index contributed by atoms with van der Waals surface area (Å²) in [5.74, 6) is -0.341. The van der Waals surface area contributed by atoms with Crippen molar-refractivity contribution in [3.8, 4) is 0 Å². The number of benzene rings is 1. The second-order valence-corrected chi connectivity index (χ2v) is 6.31. The molecule has 0 aliphatic heterocycles. The van der Waals surface area contributed by atoms with Gasteiger partial charge in [-0.3, -0.25) is 4.79 Å². The summed E-state index contributed by atoms with van der Waals surface area (Å²) < 4.78 is 26.2. The average molecular weight is 299 g/mol. The number of carbonyl (C=O) groups is 1. The minimum atomic E-state index is -3.68. The SMILES string of the molecule is CCN(CC(=O)NC)S(=O)(=O)c1ccc(CN)cc1C. The summed E-state index contributed by atoms with van der Waals surface area (Å²) in [5, 5.41) is 2.42. The monoisotopic (exact) mass is 299 g/mol. The quantitative estimate of drug-likeness (QED) is 0.785. The molecule has 0 heterocycles. The molecule has 0 atom stereocenters. The Hall–Kier alpha value is -1.44. The van der Waals surface area contributed by atoms with Gasteiger partial charge < -0.3 is 11.1 Å². The summed E-state index contributed by atoms with van der Waals surface area (Å²) in [7, 11) is -2.20. The molecule has 0 saturated carbocycles. The van der Waals surface area contributed by atoms with Crippen molar-refractivity contribution in [1.29, 1.82) is 0 Å². The molecule has 1 rings (SSSR count). The van der Waals surface area contributed by atoms with Gasteiger partial charge in [0.05, 0.1) is 11.4 Å². The first-order valence-corrected chi connectivity index (χ1v) is 7.81. The summed E-state index contributed by atoms with van der Waals surface area (Å²) in [4.78, 5) is 11.6. The number of nitrogens with one attached hydrogen (secondary N) is 1. The molecule has 1 aromatic carbocycles. The van der Waals surface area contributed by atoms with E-state index in [-0.39, 0.29) is 23.9 Å². The average Bonchev–Trinajstić information content (AvgIpc) is 2.43. The van der Waals surface area contributed by atoms with E-state index in [1.54, 1.807) is 32.0 Å². The Labute approximate surface area is 120 Å². The molecule has 6 nitrogen and oxygen atoms in total. The summed E-state index contributed by atoms with van der Waals surface area (Å²) in [5.41, 5.74) is 7.03. The molecular weight excluding hydrogens is 278 g/mol. The zero-order valence-electron chi connectivity index (χ0n) is 12.0. The first-order valence-electron chi connectivity index (χ1n) is 6.37. The lowest BCUT2D eigenvalue weighted by Gasteiger charge is -2.21.